The number of carbonyl (C=O) groups is 1. The van der Waals surface area contributed by atoms with Gasteiger partial charge in [0, 0.05) is 49.0 Å². The Bertz CT molecular complexity index is 952. The zero-order chi connectivity index (χ0) is 19.5. The Labute approximate surface area is 165 Å². The van der Waals surface area contributed by atoms with E-state index < -0.39 is 0 Å². The first-order valence-electron chi connectivity index (χ1n) is 9.75. The van der Waals surface area contributed by atoms with Gasteiger partial charge in [0.1, 0.15) is 0 Å². The zero-order valence-corrected chi connectivity index (χ0v) is 16.5. The number of hydrogen-bond acceptors (Lipinski definition) is 5. The first-order chi connectivity index (χ1) is 13.6. The number of hydrogen-bond donors (Lipinski definition) is 0. The Kier molecular flexibility index (Phi) is 5.34. The minimum atomic E-state index is 0.135. The van der Waals surface area contributed by atoms with Crippen molar-refractivity contribution in [2.75, 3.05) is 33.7 Å². The van der Waals surface area contributed by atoms with Crippen LogP contribution in [0, 0.1) is 0 Å². The van der Waals surface area contributed by atoms with E-state index in [2.05, 4.69) is 35.0 Å². The molecule has 28 heavy (non-hydrogen) atoms. The predicted octanol–water partition coefficient (Wildman–Crippen LogP) is 1.95. The number of likely N-dealkylation sites (N-methyl/N-ethyl adjacent to an activating group) is 1. The maximum atomic E-state index is 12.7. The van der Waals surface area contributed by atoms with Gasteiger partial charge in [-0.3, -0.25) is 9.78 Å². The van der Waals surface area contributed by atoms with Crippen molar-refractivity contribution in [1.82, 2.24) is 29.5 Å². The van der Waals surface area contributed by atoms with Crippen LogP contribution in [0.5, 0.6) is 0 Å². The van der Waals surface area contributed by atoms with Gasteiger partial charge in [-0.2, -0.15) is 5.10 Å². The number of fused-ring (bicyclic) bond motifs is 1. The third-order valence-corrected chi connectivity index (χ3v) is 5.28. The van der Waals surface area contributed by atoms with E-state index in [4.69, 9.17) is 5.10 Å². The molecule has 7 heteroatoms. The summed E-state index contributed by atoms with van der Waals surface area (Å²) in [4.78, 5) is 25.6. The predicted molar refractivity (Wildman–Crippen MR) is 108 cm³/mol. The summed E-state index contributed by atoms with van der Waals surface area (Å²) in [5.74, 6) is 0.385. The summed E-state index contributed by atoms with van der Waals surface area (Å²) < 4.78 is 2.00. The Hall–Kier alpha value is -2.80. The summed E-state index contributed by atoms with van der Waals surface area (Å²) in [5, 5.41) is 6.00. The molecule has 0 aromatic carbocycles. The molecular formula is C21H26N6O. The van der Waals surface area contributed by atoms with Gasteiger partial charge in [-0.25, -0.2) is 9.67 Å². The lowest BCUT2D eigenvalue weighted by Gasteiger charge is -2.16. The van der Waals surface area contributed by atoms with Crippen LogP contribution in [0.15, 0.2) is 42.7 Å². The molecule has 0 N–H and O–H groups in total. The van der Waals surface area contributed by atoms with E-state index in [1.54, 1.807) is 6.20 Å². The quantitative estimate of drug-likeness (QED) is 0.656. The van der Waals surface area contributed by atoms with Gasteiger partial charge in [-0.1, -0.05) is 6.07 Å². The van der Waals surface area contributed by atoms with Crippen molar-refractivity contribution in [2.45, 2.75) is 25.3 Å². The monoisotopic (exact) mass is 378 g/mol. The van der Waals surface area contributed by atoms with Crippen molar-refractivity contribution < 1.29 is 4.79 Å². The van der Waals surface area contributed by atoms with E-state index in [1.807, 2.05) is 40.0 Å². The van der Waals surface area contributed by atoms with E-state index in [0.717, 1.165) is 48.5 Å². The van der Waals surface area contributed by atoms with E-state index in [0.29, 0.717) is 13.0 Å². The fraction of sp³-hybridized carbons (Fsp3) is 0.429. The molecule has 0 aliphatic carbocycles. The van der Waals surface area contributed by atoms with Gasteiger partial charge in [0.05, 0.1) is 18.7 Å². The summed E-state index contributed by atoms with van der Waals surface area (Å²) in [5.41, 5.74) is 2.81. The molecule has 1 aliphatic heterocycles. The molecule has 146 valence electrons. The van der Waals surface area contributed by atoms with Crippen molar-refractivity contribution in [3.8, 4) is 0 Å². The second-order valence-corrected chi connectivity index (χ2v) is 7.61. The van der Waals surface area contributed by atoms with Crippen LogP contribution in [0.1, 0.15) is 23.7 Å². The highest BCUT2D eigenvalue weighted by Gasteiger charge is 2.30. The Morgan fingerprint density at radius 3 is 2.82 bits per heavy atom. The Morgan fingerprint density at radius 2 is 2.04 bits per heavy atom. The van der Waals surface area contributed by atoms with E-state index in [1.165, 1.54) is 0 Å². The minimum Gasteiger partial charge on any atom is -0.342 e. The highest BCUT2D eigenvalue weighted by molar-refractivity contribution is 5.80. The summed E-state index contributed by atoms with van der Waals surface area (Å²) in [6.45, 7) is 3.19. The lowest BCUT2D eigenvalue weighted by Crippen LogP contribution is -2.30. The van der Waals surface area contributed by atoms with Gasteiger partial charge < -0.3 is 9.80 Å². The second kappa shape index (κ2) is 8.06. The molecule has 7 nitrogen and oxygen atoms in total. The van der Waals surface area contributed by atoms with Gasteiger partial charge >= 0.3 is 0 Å². The Balaban J connectivity index is 1.50. The van der Waals surface area contributed by atoms with Crippen molar-refractivity contribution >= 4 is 16.9 Å². The van der Waals surface area contributed by atoms with Crippen LogP contribution < -0.4 is 0 Å². The van der Waals surface area contributed by atoms with Gasteiger partial charge in [0.25, 0.3) is 0 Å². The van der Waals surface area contributed by atoms with Crippen LogP contribution in [-0.2, 0) is 17.8 Å². The molecule has 3 aromatic heterocycles. The number of rotatable bonds is 6. The fourth-order valence-electron chi connectivity index (χ4n) is 3.77. The second-order valence-electron chi connectivity index (χ2n) is 7.61. The average molecular weight is 378 g/mol. The van der Waals surface area contributed by atoms with Gasteiger partial charge in [0.15, 0.2) is 5.65 Å². The zero-order valence-electron chi connectivity index (χ0n) is 16.5. The van der Waals surface area contributed by atoms with Crippen molar-refractivity contribution in [3.63, 3.8) is 0 Å². The molecule has 0 saturated carbocycles. The molecule has 1 amide bonds. The number of nitrogens with zero attached hydrogens (tertiary/aromatic N) is 6. The smallest absolute Gasteiger partial charge is 0.228 e. The lowest BCUT2D eigenvalue weighted by molar-refractivity contribution is -0.129. The number of carbonyl (C=O) groups excluding carboxylic acids is 1. The standard InChI is InChI=1S/C21H26N6O/c1-25(2)12-13-27-21-18(7-5-10-23-21)20(24-27)16-8-11-26(15-16)19(28)14-17-6-3-4-9-22-17/h3-7,9-10,16H,8,11-15H2,1-2H3/t16-/m0/s1. The van der Waals surface area contributed by atoms with Gasteiger partial charge in [-0.15, -0.1) is 0 Å². The van der Waals surface area contributed by atoms with Crippen LogP contribution in [-0.4, -0.2) is 69.2 Å². The first-order valence-corrected chi connectivity index (χ1v) is 9.75. The molecule has 3 aromatic rings. The molecule has 1 aliphatic rings. The molecular weight excluding hydrogens is 352 g/mol. The fourth-order valence-corrected chi connectivity index (χ4v) is 3.77. The molecule has 4 rings (SSSR count). The van der Waals surface area contributed by atoms with E-state index in [-0.39, 0.29) is 11.8 Å². The molecule has 0 spiro atoms. The minimum absolute atomic E-state index is 0.135. The summed E-state index contributed by atoms with van der Waals surface area (Å²) in [6, 6.07) is 9.74. The molecule has 1 atom stereocenters. The summed E-state index contributed by atoms with van der Waals surface area (Å²) in [6.07, 6.45) is 4.84. The number of amides is 1. The van der Waals surface area contributed by atoms with Crippen molar-refractivity contribution in [2.24, 2.45) is 0 Å². The summed E-state index contributed by atoms with van der Waals surface area (Å²) in [7, 11) is 4.12. The lowest BCUT2D eigenvalue weighted by atomic mass is 10.0. The van der Waals surface area contributed by atoms with E-state index >= 15 is 0 Å². The number of likely N-dealkylation sites (tertiary alicyclic amines) is 1. The van der Waals surface area contributed by atoms with Crippen LogP contribution in [0.4, 0.5) is 0 Å². The van der Waals surface area contributed by atoms with Crippen LogP contribution in [0.2, 0.25) is 0 Å². The molecule has 0 bridgehead atoms. The number of aromatic nitrogens is 4. The maximum Gasteiger partial charge on any atom is 0.228 e. The van der Waals surface area contributed by atoms with Crippen LogP contribution >= 0.6 is 0 Å². The molecule has 1 fully saturated rings. The largest absolute Gasteiger partial charge is 0.342 e. The highest BCUT2D eigenvalue weighted by atomic mass is 16.2. The molecule has 4 heterocycles. The average Bonchev–Trinajstić information content (AvgIpc) is 3.32. The third-order valence-electron chi connectivity index (χ3n) is 5.28. The van der Waals surface area contributed by atoms with Crippen LogP contribution in [0.25, 0.3) is 11.0 Å². The highest BCUT2D eigenvalue weighted by Crippen LogP contribution is 2.31. The van der Waals surface area contributed by atoms with Crippen molar-refractivity contribution in [1.29, 1.82) is 0 Å². The third kappa shape index (κ3) is 3.89. The van der Waals surface area contributed by atoms with Gasteiger partial charge in [0.2, 0.25) is 5.91 Å². The molecule has 0 unspecified atom stereocenters. The van der Waals surface area contributed by atoms with Crippen LogP contribution in [0.3, 0.4) is 0 Å². The normalized spacial score (nSPS) is 17.0. The van der Waals surface area contributed by atoms with Crippen molar-refractivity contribution in [3.05, 3.63) is 54.1 Å². The van der Waals surface area contributed by atoms with Gasteiger partial charge in [-0.05, 0) is 44.8 Å². The maximum absolute atomic E-state index is 12.7. The topological polar surface area (TPSA) is 67.2 Å². The molecule has 0 radical (unpaired) electrons. The Morgan fingerprint density at radius 1 is 1.18 bits per heavy atom. The first kappa shape index (κ1) is 18.6. The molecule has 1 saturated heterocycles. The number of pyridine rings is 2. The SMILES string of the molecule is CN(C)CCn1nc([C@H]2CCN(C(=O)Cc3ccccn3)C2)c2cccnc21. The summed E-state index contributed by atoms with van der Waals surface area (Å²) >= 11 is 0. The van der Waals surface area contributed by atoms with E-state index in [9.17, 15) is 4.79 Å².